The van der Waals surface area contributed by atoms with Crippen molar-refractivity contribution >= 4 is 17.7 Å². The molecule has 5 nitrogen and oxygen atoms in total. The van der Waals surface area contributed by atoms with Crippen molar-refractivity contribution in [3.05, 3.63) is 29.3 Å². The van der Waals surface area contributed by atoms with Crippen molar-refractivity contribution in [2.45, 2.75) is 25.7 Å². The van der Waals surface area contributed by atoms with Crippen LogP contribution >= 0.6 is 0 Å². The zero-order valence-corrected chi connectivity index (χ0v) is 12.3. The van der Waals surface area contributed by atoms with E-state index in [1.54, 1.807) is 11.9 Å². The van der Waals surface area contributed by atoms with Crippen molar-refractivity contribution in [2.24, 2.45) is 0 Å². The summed E-state index contributed by atoms with van der Waals surface area (Å²) in [6.07, 6.45) is 0.275. The Hall–Kier alpha value is -2.04. The maximum Gasteiger partial charge on any atom is 0.406 e. The lowest BCUT2D eigenvalue weighted by molar-refractivity contribution is -0.121. The lowest BCUT2D eigenvalue weighted by Crippen LogP contribution is -2.33. The van der Waals surface area contributed by atoms with Crippen LogP contribution in [-0.4, -0.2) is 32.7 Å². The highest BCUT2D eigenvalue weighted by atomic mass is 16.5. The van der Waals surface area contributed by atoms with Crippen molar-refractivity contribution in [1.82, 2.24) is 5.32 Å². The largest absolute Gasteiger partial charge is 0.453 e. The van der Waals surface area contributed by atoms with Gasteiger partial charge in [-0.1, -0.05) is 12.1 Å². The van der Waals surface area contributed by atoms with Crippen LogP contribution in [0.1, 0.15) is 25.0 Å². The zero-order valence-electron chi connectivity index (χ0n) is 12.3. The molecule has 1 aromatic carbocycles. The molecule has 0 saturated heterocycles. The van der Waals surface area contributed by atoms with E-state index in [2.05, 4.69) is 16.1 Å². The zero-order chi connectivity index (χ0) is 14.9. The Morgan fingerprint density at radius 1 is 1.40 bits per heavy atom. The normalized spacial score (nSPS) is 16.0. The second kappa shape index (κ2) is 5.15. The Morgan fingerprint density at radius 3 is 2.75 bits per heavy atom. The average Bonchev–Trinajstić information content (AvgIpc) is 2.60. The smallest absolute Gasteiger partial charge is 0.406 e. The van der Waals surface area contributed by atoms with Gasteiger partial charge in [-0.2, -0.15) is 0 Å². The van der Waals surface area contributed by atoms with Crippen LogP contribution < -0.4 is 10.2 Å². The Kier molecular flexibility index (Phi) is 3.70. The van der Waals surface area contributed by atoms with Crippen LogP contribution in [0.5, 0.6) is 0 Å². The first-order valence-corrected chi connectivity index (χ1v) is 6.61. The number of carbonyl (C=O) groups is 2. The number of fused-ring (bicyclic) bond motifs is 1. The van der Waals surface area contributed by atoms with Crippen LogP contribution in [0.15, 0.2) is 18.2 Å². The number of nitrogens with zero attached hydrogens (tertiary/aromatic N) is 1. The van der Waals surface area contributed by atoms with Gasteiger partial charge in [0.25, 0.3) is 0 Å². The van der Waals surface area contributed by atoms with Crippen LogP contribution in [0.3, 0.4) is 0 Å². The fourth-order valence-corrected chi connectivity index (χ4v) is 2.56. The number of methoxy groups -OCH3 is 1. The van der Waals surface area contributed by atoms with Gasteiger partial charge in [0.2, 0.25) is 5.91 Å². The molecular formula is C15H20N2O3. The van der Waals surface area contributed by atoms with Gasteiger partial charge >= 0.3 is 6.09 Å². The van der Waals surface area contributed by atoms with E-state index in [1.807, 2.05) is 26.0 Å². The fraction of sp³-hybridized carbons (Fsp3) is 0.467. The Balaban J connectivity index is 2.15. The van der Waals surface area contributed by atoms with Gasteiger partial charge in [0.15, 0.2) is 0 Å². The number of carbonyl (C=O) groups excluding carboxylic acids is 2. The third kappa shape index (κ3) is 2.35. The molecule has 0 fully saturated rings. The predicted octanol–water partition coefficient (Wildman–Crippen LogP) is 1.84. The highest BCUT2D eigenvalue weighted by Gasteiger charge is 2.42. The van der Waals surface area contributed by atoms with Crippen LogP contribution in [-0.2, 0) is 21.4 Å². The number of alkyl carbamates (subject to hydrolysis) is 1. The third-order valence-electron chi connectivity index (χ3n) is 3.80. The summed E-state index contributed by atoms with van der Waals surface area (Å²) in [6.45, 7) is 4.39. The summed E-state index contributed by atoms with van der Waals surface area (Å²) in [5, 5.41) is 2.65. The molecule has 0 saturated carbocycles. The van der Waals surface area contributed by atoms with Gasteiger partial charge in [-0.15, -0.1) is 0 Å². The van der Waals surface area contributed by atoms with Crippen LogP contribution in [0.25, 0.3) is 0 Å². The van der Waals surface area contributed by atoms with Crippen molar-refractivity contribution in [2.75, 3.05) is 25.6 Å². The van der Waals surface area contributed by atoms with Crippen molar-refractivity contribution in [3.63, 3.8) is 0 Å². The number of ether oxygens (including phenoxy) is 1. The lowest BCUT2D eigenvalue weighted by atomic mass is 9.85. The van der Waals surface area contributed by atoms with Crippen molar-refractivity contribution in [1.29, 1.82) is 0 Å². The van der Waals surface area contributed by atoms with Gasteiger partial charge in [-0.05, 0) is 37.5 Å². The van der Waals surface area contributed by atoms with Gasteiger partial charge in [-0.25, -0.2) is 4.79 Å². The average molecular weight is 276 g/mol. The first-order chi connectivity index (χ1) is 9.37. The summed E-state index contributed by atoms with van der Waals surface area (Å²) in [6, 6.07) is 6.01. The number of hydrogen-bond acceptors (Lipinski definition) is 3. The summed E-state index contributed by atoms with van der Waals surface area (Å²) >= 11 is 0. The molecule has 0 unspecified atom stereocenters. The topological polar surface area (TPSA) is 58.6 Å². The molecule has 0 atom stereocenters. The van der Waals surface area contributed by atoms with Crippen LogP contribution in [0.4, 0.5) is 10.5 Å². The van der Waals surface area contributed by atoms with Crippen molar-refractivity contribution in [3.8, 4) is 0 Å². The maximum absolute atomic E-state index is 12.2. The van der Waals surface area contributed by atoms with E-state index in [4.69, 9.17) is 0 Å². The molecule has 0 aromatic heterocycles. The third-order valence-corrected chi connectivity index (χ3v) is 3.80. The molecule has 0 aliphatic carbocycles. The predicted molar refractivity (Wildman–Crippen MR) is 77.0 cm³/mol. The number of hydrogen-bond donors (Lipinski definition) is 1. The second-order valence-corrected chi connectivity index (χ2v) is 5.51. The van der Waals surface area contributed by atoms with E-state index in [-0.39, 0.29) is 5.91 Å². The first-order valence-electron chi connectivity index (χ1n) is 6.61. The van der Waals surface area contributed by atoms with E-state index in [0.29, 0.717) is 13.0 Å². The number of nitrogens with one attached hydrogen (secondary N) is 1. The Morgan fingerprint density at radius 2 is 2.10 bits per heavy atom. The van der Waals surface area contributed by atoms with Crippen LogP contribution in [0, 0.1) is 0 Å². The second-order valence-electron chi connectivity index (χ2n) is 5.51. The van der Waals surface area contributed by atoms with Crippen molar-refractivity contribution < 1.29 is 14.3 Å². The molecule has 2 rings (SSSR count). The molecule has 20 heavy (non-hydrogen) atoms. The molecule has 108 valence electrons. The highest BCUT2D eigenvalue weighted by Crippen LogP contribution is 2.40. The number of benzene rings is 1. The molecule has 1 aliphatic rings. The molecule has 1 N–H and O–H groups in total. The van der Waals surface area contributed by atoms with E-state index in [1.165, 1.54) is 7.11 Å². The van der Waals surface area contributed by atoms with Gasteiger partial charge in [0.05, 0.1) is 12.5 Å². The summed E-state index contributed by atoms with van der Waals surface area (Å²) in [7, 11) is 3.14. The Bertz CT molecular complexity index is 552. The van der Waals surface area contributed by atoms with E-state index in [9.17, 15) is 9.59 Å². The molecule has 0 spiro atoms. The number of likely N-dealkylation sites (N-methyl/N-ethyl adjacent to an activating group) is 1. The van der Waals surface area contributed by atoms with Crippen LogP contribution in [0.2, 0.25) is 0 Å². The molecule has 1 heterocycles. The van der Waals surface area contributed by atoms with Gasteiger partial charge in [0, 0.05) is 19.3 Å². The summed E-state index contributed by atoms with van der Waals surface area (Å²) in [5.41, 5.74) is 2.61. The minimum Gasteiger partial charge on any atom is -0.453 e. The monoisotopic (exact) mass is 276 g/mol. The molecule has 0 bridgehead atoms. The quantitative estimate of drug-likeness (QED) is 0.916. The number of anilines is 1. The molecule has 1 aliphatic heterocycles. The highest BCUT2D eigenvalue weighted by molar-refractivity contribution is 6.07. The molecular weight excluding hydrogens is 256 g/mol. The SMILES string of the molecule is COC(=O)NCCc1ccc2c(c1)C(C)(C)C(=O)N2C. The van der Waals surface area contributed by atoms with E-state index in [0.717, 1.165) is 16.8 Å². The lowest BCUT2D eigenvalue weighted by Gasteiger charge is -2.16. The Labute approximate surface area is 118 Å². The molecule has 5 heteroatoms. The molecule has 2 amide bonds. The van der Waals surface area contributed by atoms with E-state index < -0.39 is 11.5 Å². The number of rotatable bonds is 3. The minimum atomic E-state index is -0.490. The summed E-state index contributed by atoms with van der Waals surface area (Å²) in [4.78, 5) is 24.9. The molecule has 0 radical (unpaired) electrons. The molecule has 1 aromatic rings. The van der Waals surface area contributed by atoms with Gasteiger partial charge in [-0.3, -0.25) is 4.79 Å². The minimum absolute atomic E-state index is 0.109. The summed E-state index contributed by atoms with van der Waals surface area (Å²) in [5.74, 6) is 0.109. The van der Waals surface area contributed by atoms with Gasteiger partial charge < -0.3 is 15.0 Å². The first kappa shape index (κ1) is 14.4. The summed E-state index contributed by atoms with van der Waals surface area (Å²) < 4.78 is 4.52. The van der Waals surface area contributed by atoms with E-state index >= 15 is 0 Å². The fourth-order valence-electron chi connectivity index (χ4n) is 2.56. The standard InChI is InChI=1S/C15H20N2O3/c1-15(2)11-9-10(7-8-16-14(19)20-4)5-6-12(11)17(3)13(15)18/h5-6,9H,7-8H2,1-4H3,(H,16,19). The maximum atomic E-state index is 12.2. The van der Waals surface area contributed by atoms with Gasteiger partial charge in [0.1, 0.15) is 0 Å². The number of amides is 2.